The number of anilines is 1. The summed E-state index contributed by atoms with van der Waals surface area (Å²) in [4.78, 5) is 14.2. The number of carbonyl (C=O) groups is 1. The molecule has 4 nitrogen and oxygen atoms in total. The standard InChI is InChI=1S/C15H22N2O2/c1-2-3-8-17(9-10-18)15(19)13-5-4-12-6-7-16-14(12)11-13/h4-5,11,16,18H,2-3,6-10H2,1H3. The molecule has 0 atom stereocenters. The number of hydrogen-bond donors (Lipinski definition) is 2. The van der Waals surface area contributed by atoms with E-state index in [9.17, 15) is 4.79 Å². The highest BCUT2D eigenvalue weighted by atomic mass is 16.3. The Labute approximate surface area is 114 Å². The minimum Gasteiger partial charge on any atom is -0.395 e. The third-order valence-electron chi connectivity index (χ3n) is 3.51. The van der Waals surface area contributed by atoms with Crippen LogP contribution in [-0.4, -0.2) is 42.2 Å². The zero-order valence-electron chi connectivity index (χ0n) is 11.5. The summed E-state index contributed by atoms with van der Waals surface area (Å²) in [6.07, 6.45) is 3.04. The van der Waals surface area contributed by atoms with Crippen LogP contribution < -0.4 is 5.32 Å². The molecule has 0 saturated heterocycles. The summed E-state index contributed by atoms with van der Waals surface area (Å²) in [5, 5.41) is 12.4. The first-order valence-electron chi connectivity index (χ1n) is 7.03. The Morgan fingerprint density at radius 3 is 3.00 bits per heavy atom. The summed E-state index contributed by atoms with van der Waals surface area (Å²) in [6, 6.07) is 5.85. The van der Waals surface area contributed by atoms with E-state index in [1.807, 2.05) is 18.2 Å². The van der Waals surface area contributed by atoms with Crippen molar-refractivity contribution >= 4 is 11.6 Å². The second-order valence-corrected chi connectivity index (χ2v) is 4.92. The number of fused-ring (bicyclic) bond motifs is 1. The molecule has 1 amide bonds. The molecule has 0 fully saturated rings. The first-order chi connectivity index (χ1) is 9.26. The van der Waals surface area contributed by atoms with E-state index in [1.54, 1.807) is 4.90 Å². The monoisotopic (exact) mass is 262 g/mol. The van der Waals surface area contributed by atoms with Gasteiger partial charge in [-0.3, -0.25) is 4.79 Å². The van der Waals surface area contributed by atoms with Gasteiger partial charge in [0.1, 0.15) is 0 Å². The van der Waals surface area contributed by atoms with E-state index in [-0.39, 0.29) is 12.5 Å². The van der Waals surface area contributed by atoms with E-state index in [2.05, 4.69) is 12.2 Å². The molecule has 2 N–H and O–H groups in total. The maximum Gasteiger partial charge on any atom is 0.254 e. The fraction of sp³-hybridized carbons (Fsp3) is 0.533. The largest absolute Gasteiger partial charge is 0.395 e. The van der Waals surface area contributed by atoms with E-state index < -0.39 is 0 Å². The number of nitrogens with one attached hydrogen (secondary N) is 1. The van der Waals surface area contributed by atoms with Crippen molar-refractivity contribution in [3.63, 3.8) is 0 Å². The van der Waals surface area contributed by atoms with Crippen molar-refractivity contribution in [2.24, 2.45) is 0 Å². The maximum absolute atomic E-state index is 12.4. The molecule has 1 heterocycles. The molecule has 0 unspecified atom stereocenters. The van der Waals surface area contributed by atoms with Crippen molar-refractivity contribution in [1.29, 1.82) is 0 Å². The van der Waals surface area contributed by atoms with Gasteiger partial charge in [0, 0.05) is 30.9 Å². The first kappa shape index (κ1) is 13.9. The zero-order chi connectivity index (χ0) is 13.7. The lowest BCUT2D eigenvalue weighted by Gasteiger charge is -2.22. The molecule has 1 aromatic rings. The number of carbonyl (C=O) groups excluding carboxylic acids is 1. The van der Waals surface area contributed by atoms with E-state index >= 15 is 0 Å². The van der Waals surface area contributed by atoms with Gasteiger partial charge in [0.25, 0.3) is 5.91 Å². The Morgan fingerprint density at radius 2 is 2.26 bits per heavy atom. The Kier molecular flexibility index (Phi) is 4.80. The Hall–Kier alpha value is -1.55. The normalized spacial score (nSPS) is 12.9. The number of nitrogens with zero attached hydrogens (tertiary/aromatic N) is 1. The number of aliphatic hydroxyl groups excluding tert-OH is 1. The zero-order valence-corrected chi connectivity index (χ0v) is 11.5. The van der Waals surface area contributed by atoms with Gasteiger partial charge in [-0.05, 0) is 30.5 Å². The van der Waals surface area contributed by atoms with E-state index in [4.69, 9.17) is 5.11 Å². The summed E-state index contributed by atoms with van der Waals surface area (Å²) < 4.78 is 0. The second-order valence-electron chi connectivity index (χ2n) is 4.92. The Balaban J connectivity index is 2.11. The average molecular weight is 262 g/mol. The van der Waals surface area contributed by atoms with Crippen LogP contribution in [0.15, 0.2) is 18.2 Å². The van der Waals surface area contributed by atoms with Gasteiger partial charge in [-0.2, -0.15) is 0 Å². The Morgan fingerprint density at radius 1 is 1.42 bits per heavy atom. The number of hydrogen-bond acceptors (Lipinski definition) is 3. The van der Waals surface area contributed by atoms with Crippen molar-refractivity contribution in [3.05, 3.63) is 29.3 Å². The lowest BCUT2D eigenvalue weighted by Crippen LogP contribution is -2.34. The molecule has 19 heavy (non-hydrogen) atoms. The summed E-state index contributed by atoms with van der Waals surface area (Å²) in [6.45, 7) is 4.17. The molecule has 0 bridgehead atoms. The maximum atomic E-state index is 12.4. The molecule has 0 aromatic heterocycles. The molecule has 1 aliphatic heterocycles. The van der Waals surface area contributed by atoms with Gasteiger partial charge in [-0.15, -0.1) is 0 Å². The first-order valence-corrected chi connectivity index (χ1v) is 7.03. The van der Waals surface area contributed by atoms with Crippen LogP contribution in [0.25, 0.3) is 0 Å². The summed E-state index contributed by atoms with van der Waals surface area (Å²) in [5.74, 6) is 0.0130. The van der Waals surface area contributed by atoms with Crippen LogP contribution in [-0.2, 0) is 6.42 Å². The predicted octanol–water partition coefficient (Wildman–Crippen LogP) is 1.89. The van der Waals surface area contributed by atoms with Crippen LogP contribution in [0.1, 0.15) is 35.7 Å². The van der Waals surface area contributed by atoms with Gasteiger partial charge in [0.05, 0.1) is 6.61 Å². The number of benzene rings is 1. The van der Waals surface area contributed by atoms with Gasteiger partial charge in [-0.25, -0.2) is 0 Å². The van der Waals surface area contributed by atoms with Gasteiger partial charge in [0.2, 0.25) is 0 Å². The van der Waals surface area contributed by atoms with Crippen LogP contribution in [0, 0.1) is 0 Å². The third-order valence-corrected chi connectivity index (χ3v) is 3.51. The van der Waals surface area contributed by atoms with Crippen LogP contribution in [0.3, 0.4) is 0 Å². The van der Waals surface area contributed by atoms with Crippen molar-refractivity contribution in [2.45, 2.75) is 26.2 Å². The molecule has 0 radical (unpaired) electrons. The van der Waals surface area contributed by atoms with Gasteiger partial charge in [-0.1, -0.05) is 19.4 Å². The highest BCUT2D eigenvalue weighted by Crippen LogP contribution is 2.23. The van der Waals surface area contributed by atoms with Gasteiger partial charge >= 0.3 is 0 Å². The van der Waals surface area contributed by atoms with Crippen LogP contribution >= 0.6 is 0 Å². The minimum absolute atomic E-state index is 0.0125. The van der Waals surface area contributed by atoms with E-state index in [0.29, 0.717) is 18.7 Å². The molecule has 2 rings (SSSR count). The lowest BCUT2D eigenvalue weighted by molar-refractivity contribution is 0.0719. The Bertz CT molecular complexity index is 446. The molecule has 1 aromatic carbocycles. The van der Waals surface area contributed by atoms with Crippen LogP contribution in [0.4, 0.5) is 5.69 Å². The molecule has 1 aliphatic rings. The molecular formula is C15H22N2O2. The molecule has 0 spiro atoms. The second kappa shape index (κ2) is 6.57. The molecule has 0 saturated carbocycles. The molecule has 0 aliphatic carbocycles. The number of amides is 1. The van der Waals surface area contributed by atoms with Crippen molar-refractivity contribution in [2.75, 3.05) is 31.6 Å². The highest BCUT2D eigenvalue weighted by Gasteiger charge is 2.17. The number of unbranched alkanes of at least 4 members (excludes halogenated alkanes) is 1. The third kappa shape index (κ3) is 3.26. The van der Waals surface area contributed by atoms with Crippen molar-refractivity contribution in [3.8, 4) is 0 Å². The van der Waals surface area contributed by atoms with Crippen molar-refractivity contribution in [1.82, 2.24) is 4.90 Å². The van der Waals surface area contributed by atoms with E-state index in [1.165, 1.54) is 5.56 Å². The van der Waals surface area contributed by atoms with Gasteiger partial charge in [0.15, 0.2) is 0 Å². The number of aliphatic hydroxyl groups is 1. The summed E-state index contributed by atoms with van der Waals surface area (Å²) in [5.41, 5.74) is 3.06. The lowest BCUT2D eigenvalue weighted by atomic mass is 10.1. The fourth-order valence-electron chi connectivity index (χ4n) is 2.39. The van der Waals surface area contributed by atoms with Gasteiger partial charge < -0.3 is 15.3 Å². The SMILES string of the molecule is CCCCN(CCO)C(=O)c1ccc2c(c1)NCC2. The average Bonchev–Trinajstić information content (AvgIpc) is 2.90. The number of rotatable bonds is 6. The summed E-state index contributed by atoms with van der Waals surface area (Å²) >= 11 is 0. The smallest absolute Gasteiger partial charge is 0.254 e. The van der Waals surface area contributed by atoms with Crippen molar-refractivity contribution < 1.29 is 9.90 Å². The topological polar surface area (TPSA) is 52.6 Å². The molecule has 104 valence electrons. The summed E-state index contributed by atoms with van der Waals surface area (Å²) in [7, 11) is 0. The van der Waals surface area contributed by atoms with E-state index in [0.717, 1.165) is 31.5 Å². The molecular weight excluding hydrogens is 240 g/mol. The quantitative estimate of drug-likeness (QED) is 0.823. The molecule has 4 heteroatoms. The highest BCUT2D eigenvalue weighted by molar-refractivity contribution is 5.95. The van der Waals surface area contributed by atoms with Crippen LogP contribution in [0.2, 0.25) is 0 Å². The van der Waals surface area contributed by atoms with Crippen LogP contribution in [0.5, 0.6) is 0 Å². The minimum atomic E-state index is 0.0125. The fourth-order valence-corrected chi connectivity index (χ4v) is 2.39. The predicted molar refractivity (Wildman–Crippen MR) is 76.5 cm³/mol.